The number of nitrogens with zero attached hydrogens (tertiary/aromatic N) is 3. The highest BCUT2D eigenvalue weighted by Crippen LogP contribution is 1.96. The largest absolute Gasteiger partial charge is 0.396 e. The topological polar surface area (TPSA) is 50.9 Å². The van der Waals surface area contributed by atoms with E-state index in [1.165, 1.54) is 0 Å². The van der Waals surface area contributed by atoms with Crippen LogP contribution in [0.5, 0.6) is 0 Å². The SMILES string of the molecule is CCn1cc(CCCO)nn1. The maximum Gasteiger partial charge on any atom is 0.0828 e. The van der Waals surface area contributed by atoms with Gasteiger partial charge in [-0.1, -0.05) is 5.21 Å². The Labute approximate surface area is 65.8 Å². The molecule has 0 aromatic carbocycles. The molecule has 1 rings (SSSR count). The summed E-state index contributed by atoms with van der Waals surface area (Å²) < 4.78 is 1.78. The van der Waals surface area contributed by atoms with Crippen LogP contribution in [0, 0.1) is 0 Å². The molecule has 62 valence electrons. The zero-order valence-electron chi connectivity index (χ0n) is 6.69. The number of aliphatic hydroxyl groups is 1. The minimum absolute atomic E-state index is 0.221. The van der Waals surface area contributed by atoms with Gasteiger partial charge in [-0.05, 0) is 19.8 Å². The zero-order valence-corrected chi connectivity index (χ0v) is 6.69. The fraction of sp³-hybridized carbons (Fsp3) is 0.714. The summed E-state index contributed by atoms with van der Waals surface area (Å²) in [4.78, 5) is 0. The lowest BCUT2D eigenvalue weighted by Crippen LogP contribution is -1.93. The van der Waals surface area contributed by atoms with Crippen molar-refractivity contribution in [2.75, 3.05) is 6.61 Å². The summed E-state index contributed by atoms with van der Waals surface area (Å²) in [5.41, 5.74) is 0.959. The summed E-state index contributed by atoms with van der Waals surface area (Å²) in [6, 6.07) is 0. The molecule has 0 spiro atoms. The van der Waals surface area contributed by atoms with Crippen molar-refractivity contribution in [1.82, 2.24) is 15.0 Å². The van der Waals surface area contributed by atoms with Gasteiger partial charge >= 0.3 is 0 Å². The van der Waals surface area contributed by atoms with Crippen molar-refractivity contribution in [2.24, 2.45) is 0 Å². The monoisotopic (exact) mass is 155 g/mol. The van der Waals surface area contributed by atoms with Crippen LogP contribution >= 0.6 is 0 Å². The van der Waals surface area contributed by atoms with Crippen LogP contribution < -0.4 is 0 Å². The number of aliphatic hydroxyl groups excluding tert-OH is 1. The molecule has 4 nitrogen and oxygen atoms in total. The van der Waals surface area contributed by atoms with E-state index in [9.17, 15) is 0 Å². The highest BCUT2D eigenvalue weighted by Gasteiger charge is 1.97. The van der Waals surface area contributed by atoms with Crippen LogP contribution in [0.1, 0.15) is 19.0 Å². The predicted octanol–water partition coefficient (Wildman–Crippen LogP) is 0.223. The first kappa shape index (κ1) is 8.20. The van der Waals surface area contributed by atoms with Crippen LogP contribution in [0.15, 0.2) is 6.20 Å². The third kappa shape index (κ3) is 2.31. The van der Waals surface area contributed by atoms with Crippen molar-refractivity contribution in [3.63, 3.8) is 0 Å². The molecule has 0 aliphatic carbocycles. The van der Waals surface area contributed by atoms with Crippen molar-refractivity contribution in [3.05, 3.63) is 11.9 Å². The third-order valence-electron chi connectivity index (χ3n) is 1.50. The van der Waals surface area contributed by atoms with Gasteiger partial charge in [0, 0.05) is 19.3 Å². The van der Waals surface area contributed by atoms with E-state index in [1.807, 2.05) is 13.1 Å². The molecule has 0 aliphatic heterocycles. The van der Waals surface area contributed by atoms with Crippen LogP contribution in [0.3, 0.4) is 0 Å². The minimum atomic E-state index is 0.221. The van der Waals surface area contributed by atoms with Crippen LogP contribution in [-0.4, -0.2) is 26.7 Å². The second-order valence-corrected chi connectivity index (χ2v) is 2.39. The highest BCUT2D eigenvalue weighted by atomic mass is 16.2. The van der Waals surface area contributed by atoms with E-state index in [0.717, 1.165) is 25.1 Å². The third-order valence-corrected chi connectivity index (χ3v) is 1.50. The van der Waals surface area contributed by atoms with E-state index < -0.39 is 0 Å². The first-order chi connectivity index (χ1) is 5.36. The molecule has 0 saturated carbocycles. The van der Waals surface area contributed by atoms with Gasteiger partial charge in [0.05, 0.1) is 5.69 Å². The summed E-state index contributed by atoms with van der Waals surface area (Å²) >= 11 is 0. The van der Waals surface area contributed by atoms with E-state index in [-0.39, 0.29) is 6.61 Å². The van der Waals surface area contributed by atoms with Gasteiger partial charge in [0.25, 0.3) is 0 Å². The van der Waals surface area contributed by atoms with Gasteiger partial charge in [-0.15, -0.1) is 5.10 Å². The van der Waals surface area contributed by atoms with Crippen LogP contribution in [0.25, 0.3) is 0 Å². The van der Waals surface area contributed by atoms with Crippen LogP contribution in [0.2, 0.25) is 0 Å². The summed E-state index contributed by atoms with van der Waals surface area (Å²) in [6.07, 6.45) is 3.49. The Kier molecular flexibility index (Phi) is 3.04. The molecule has 11 heavy (non-hydrogen) atoms. The highest BCUT2D eigenvalue weighted by molar-refractivity contribution is 4.91. The van der Waals surface area contributed by atoms with E-state index in [0.29, 0.717) is 0 Å². The summed E-state index contributed by atoms with van der Waals surface area (Å²) in [7, 11) is 0. The smallest absolute Gasteiger partial charge is 0.0828 e. The predicted molar refractivity (Wildman–Crippen MR) is 41.1 cm³/mol. The second kappa shape index (κ2) is 4.08. The number of rotatable bonds is 4. The van der Waals surface area contributed by atoms with Crippen LogP contribution in [-0.2, 0) is 13.0 Å². The average molecular weight is 155 g/mol. The average Bonchev–Trinajstić information content (AvgIpc) is 2.48. The van der Waals surface area contributed by atoms with Crippen molar-refractivity contribution in [2.45, 2.75) is 26.3 Å². The Morgan fingerprint density at radius 1 is 1.64 bits per heavy atom. The van der Waals surface area contributed by atoms with E-state index >= 15 is 0 Å². The molecule has 0 atom stereocenters. The fourth-order valence-corrected chi connectivity index (χ4v) is 0.868. The lowest BCUT2D eigenvalue weighted by atomic mass is 10.3. The van der Waals surface area contributed by atoms with Gasteiger partial charge in [0.1, 0.15) is 0 Å². The Morgan fingerprint density at radius 3 is 3.00 bits per heavy atom. The molecule has 4 heteroatoms. The molecule has 1 heterocycles. The molecule has 1 N–H and O–H groups in total. The van der Waals surface area contributed by atoms with Gasteiger partial charge in [0.2, 0.25) is 0 Å². The standard InChI is InChI=1S/C7H13N3O/c1-2-10-6-7(8-9-10)4-3-5-11/h6,11H,2-5H2,1H3. The van der Waals surface area contributed by atoms with Crippen molar-refractivity contribution >= 4 is 0 Å². The van der Waals surface area contributed by atoms with Gasteiger partial charge in [0.15, 0.2) is 0 Å². The Bertz CT molecular complexity index is 209. The van der Waals surface area contributed by atoms with Gasteiger partial charge < -0.3 is 5.11 Å². The minimum Gasteiger partial charge on any atom is -0.396 e. The van der Waals surface area contributed by atoms with E-state index in [4.69, 9.17) is 5.11 Å². The Morgan fingerprint density at radius 2 is 2.45 bits per heavy atom. The molecule has 0 aliphatic rings. The normalized spacial score (nSPS) is 10.4. The fourth-order valence-electron chi connectivity index (χ4n) is 0.868. The summed E-state index contributed by atoms with van der Waals surface area (Å²) in [5.74, 6) is 0. The maximum absolute atomic E-state index is 8.54. The molecular weight excluding hydrogens is 142 g/mol. The molecule has 0 saturated heterocycles. The van der Waals surface area contributed by atoms with Gasteiger partial charge in [-0.2, -0.15) is 0 Å². The molecule has 0 unspecified atom stereocenters. The second-order valence-electron chi connectivity index (χ2n) is 2.39. The lowest BCUT2D eigenvalue weighted by molar-refractivity contribution is 0.288. The lowest BCUT2D eigenvalue weighted by Gasteiger charge is -1.90. The molecular formula is C7H13N3O. The van der Waals surface area contributed by atoms with Crippen molar-refractivity contribution < 1.29 is 5.11 Å². The molecule has 0 radical (unpaired) electrons. The van der Waals surface area contributed by atoms with Gasteiger partial charge in [-0.3, -0.25) is 4.68 Å². The Balaban J connectivity index is 2.44. The summed E-state index contributed by atoms with van der Waals surface area (Å²) in [5, 5.41) is 16.3. The number of hydrogen-bond acceptors (Lipinski definition) is 3. The Hall–Kier alpha value is -0.900. The number of aryl methyl sites for hydroxylation is 2. The van der Waals surface area contributed by atoms with E-state index in [1.54, 1.807) is 4.68 Å². The zero-order chi connectivity index (χ0) is 8.10. The van der Waals surface area contributed by atoms with Crippen molar-refractivity contribution in [1.29, 1.82) is 0 Å². The molecule has 0 fully saturated rings. The maximum atomic E-state index is 8.54. The molecule has 0 bridgehead atoms. The van der Waals surface area contributed by atoms with Crippen molar-refractivity contribution in [3.8, 4) is 0 Å². The molecule has 0 amide bonds. The first-order valence-electron chi connectivity index (χ1n) is 3.86. The molecule has 1 aromatic heterocycles. The van der Waals surface area contributed by atoms with Crippen LogP contribution in [0.4, 0.5) is 0 Å². The number of hydrogen-bond donors (Lipinski definition) is 1. The molecule has 1 aromatic rings. The number of aromatic nitrogens is 3. The van der Waals surface area contributed by atoms with E-state index in [2.05, 4.69) is 10.3 Å². The first-order valence-corrected chi connectivity index (χ1v) is 3.86. The quantitative estimate of drug-likeness (QED) is 0.676. The van der Waals surface area contributed by atoms with Gasteiger partial charge in [-0.25, -0.2) is 0 Å². The summed E-state index contributed by atoms with van der Waals surface area (Å²) in [6.45, 7) is 3.09.